The topological polar surface area (TPSA) is 25.8 Å². The molecule has 208 valence electrons. The van der Waals surface area contributed by atoms with Crippen molar-refractivity contribution in [2.24, 2.45) is 0 Å². The van der Waals surface area contributed by atoms with Gasteiger partial charge in [0.15, 0.2) is 5.82 Å². The molecule has 0 aliphatic carbocycles. The fraction of sp³-hybridized carbons (Fsp3) is 0.714. The number of rotatable bonds is 24. The third kappa shape index (κ3) is 16.0. The van der Waals surface area contributed by atoms with Crippen LogP contribution in [0.3, 0.4) is 0 Å². The van der Waals surface area contributed by atoms with Gasteiger partial charge in [-0.05, 0) is 36.8 Å². The Kier molecular flexibility index (Phi) is 19.0. The molecule has 0 atom stereocenters. The molecule has 0 unspecified atom stereocenters. The van der Waals surface area contributed by atoms with Crippen molar-refractivity contribution in [3.05, 3.63) is 47.8 Å². The highest BCUT2D eigenvalue weighted by atomic mass is 14.9. The summed E-state index contributed by atoms with van der Waals surface area (Å²) in [5.74, 6) is 0.854. The van der Waals surface area contributed by atoms with Gasteiger partial charge in [0.2, 0.25) is 0 Å². The summed E-state index contributed by atoms with van der Waals surface area (Å²) in [6, 6.07) is 8.94. The van der Waals surface area contributed by atoms with Crippen molar-refractivity contribution >= 4 is 0 Å². The third-order valence-corrected chi connectivity index (χ3v) is 7.81. The van der Waals surface area contributed by atoms with Crippen LogP contribution in [-0.4, -0.2) is 9.97 Å². The second-order valence-electron chi connectivity index (χ2n) is 11.3. The Morgan fingerprint density at radius 1 is 0.405 bits per heavy atom. The van der Waals surface area contributed by atoms with Gasteiger partial charge in [-0.25, -0.2) is 9.97 Å². The van der Waals surface area contributed by atoms with Crippen LogP contribution in [0, 0.1) is 0 Å². The van der Waals surface area contributed by atoms with Crippen molar-refractivity contribution in [3.8, 4) is 11.4 Å². The lowest BCUT2D eigenvalue weighted by Crippen LogP contribution is -1.94. The molecule has 0 fully saturated rings. The highest BCUT2D eigenvalue weighted by Crippen LogP contribution is 2.18. The molecule has 2 nitrogen and oxygen atoms in total. The zero-order valence-electron chi connectivity index (χ0n) is 24.6. The van der Waals surface area contributed by atoms with Crippen LogP contribution in [0.25, 0.3) is 11.4 Å². The second kappa shape index (κ2) is 22.3. The smallest absolute Gasteiger partial charge is 0.159 e. The van der Waals surface area contributed by atoms with E-state index in [1.807, 2.05) is 12.4 Å². The van der Waals surface area contributed by atoms with E-state index in [1.54, 1.807) is 0 Å². The molecule has 2 aromatic rings. The van der Waals surface area contributed by atoms with E-state index in [2.05, 4.69) is 48.1 Å². The van der Waals surface area contributed by atoms with Crippen LogP contribution in [0.2, 0.25) is 0 Å². The fourth-order valence-corrected chi connectivity index (χ4v) is 5.26. The summed E-state index contributed by atoms with van der Waals surface area (Å²) in [5.41, 5.74) is 3.85. The maximum Gasteiger partial charge on any atom is 0.159 e. The normalized spacial score (nSPS) is 11.3. The molecular weight excluding hydrogens is 448 g/mol. The van der Waals surface area contributed by atoms with Crippen LogP contribution in [0.1, 0.15) is 160 Å². The third-order valence-electron chi connectivity index (χ3n) is 7.81. The molecule has 0 aliphatic heterocycles. The Balaban J connectivity index is 1.51. The summed E-state index contributed by atoms with van der Waals surface area (Å²) in [5, 5.41) is 0. The van der Waals surface area contributed by atoms with Crippen LogP contribution in [0.5, 0.6) is 0 Å². The molecule has 0 amide bonds. The molecule has 0 spiro atoms. The molecule has 0 radical (unpaired) electrons. The maximum atomic E-state index is 4.66. The van der Waals surface area contributed by atoms with Crippen molar-refractivity contribution in [1.82, 2.24) is 9.97 Å². The predicted octanol–water partition coefficient (Wildman–Crippen LogP) is 11.5. The van der Waals surface area contributed by atoms with E-state index in [9.17, 15) is 0 Å². The van der Waals surface area contributed by atoms with Crippen LogP contribution in [-0.2, 0) is 12.8 Å². The van der Waals surface area contributed by atoms with E-state index in [-0.39, 0.29) is 0 Å². The highest BCUT2D eigenvalue weighted by molar-refractivity contribution is 5.55. The zero-order valence-corrected chi connectivity index (χ0v) is 24.6. The van der Waals surface area contributed by atoms with Crippen molar-refractivity contribution in [3.63, 3.8) is 0 Å². The van der Waals surface area contributed by atoms with E-state index in [0.717, 1.165) is 17.8 Å². The number of nitrogens with zero attached hydrogens (tertiary/aromatic N) is 2. The van der Waals surface area contributed by atoms with Gasteiger partial charge in [-0.2, -0.15) is 0 Å². The minimum atomic E-state index is 0.854. The van der Waals surface area contributed by atoms with E-state index in [4.69, 9.17) is 0 Å². The molecule has 1 aromatic carbocycles. The number of unbranched alkanes of at least 4 members (excludes halogenated alkanes) is 19. The van der Waals surface area contributed by atoms with Gasteiger partial charge < -0.3 is 0 Å². The first-order chi connectivity index (χ1) is 18.3. The summed E-state index contributed by atoms with van der Waals surface area (Å²) >= 11 is 0. The largest absolute Gasteiger partial charge is 0.236 e. The minimum absolute atomic E-state index is 0.854. The Hall–Kier alpha value is -1.70. The number of aromatic nitrogens is 2. The number of aryl methyl sites for hydroxylation is 2. The first-order valence-electron chi connectivity index (χ1n) is 16.2. The standard InChI is InChI=1S/C35H58N2/c1-3-5-7-9-11-13-14-15-17-18-20-22-24-32-26-28-34(29-27-32)35-36-30-33(31-37-35)25-23-21-19-16-12-10-8-6-4-2/h26-31H,3-25H2,1-2H3. The van der Waals surface area contributed by atoms with Gasteiger partial charge in [0, 0.05) is 18.0 Å². The van der Waals surface area contributed by atoms with E-state index < -0.39 is 0 Å². The Morgan fingerprint density at radius 3 is 1.16 bits per heavy atom. The summed E-state index contributed by atoms with van der Waals surface area (Å²) in [4.78, 5) is 9.32. The zero-order chi connectivity index (χ0) is 26.2. The van der Waals surface area contributed by atoms with Gasteiger partial charge in [0.1, 0.15) is 0 Å². The van der Waals surface area contributed by atoms with Crippen LogP contribution >= 0.6 is 0 Å². The molecular formula is C35H58N2. The van der Waals surface area contributed by atoms with Crippen molar-refractivity contribution in [1.29, 1.82) is 0 Å². The fourth-order valence-electron chi connectivity index (χ4n) is 5.26. The minimum Gasteiger partial charge on any atom is -0.236 e. The van der Waals surface area contributed by atoms with Crippen LogP contribution in [0.4, 0.5) is 0 Å². The molecule has 2 rings (SSSR count). The summed E-state index contributed by atoms with van der Waals surface area (Å²) in [6.45, 7) is 4.58. The van der Waals surface area contributed by atoms with Gasteiger partial charge in [0.05, 0.1) is 0 Å². The van der Waals surface area contributed by atoms with Gasteiger partial charge in [-0.15, -0.1) is 0 Å². The quantitative estimate of drug-likeness (QED) is 0.132. The summed E-state index contributed by atoms with van der Waals surface area (Å²) < 4.78 is 0. The molecule has 1 aromatic heterocycles. The average molecular weight is 507 g/mol. The molecule has 2 heteroatoms. The van der Waals surface area contributed by atoms with Crippen LogP contribution < -0.4 is 0 Å². The van der Waals surface area contributed by atoms with Crippen LogP contribution in [0.15, 0.2) is 36.7 Å². The molecule has 37 heavy (non-hydrogen) atoms. The number of hydrogen-bond donors (Lipinski definition) is 0. The Morgan fingerprint density at radius 2 is 0.757 bits per heavy atom. The molecule has 0 saturated heterocycles. The highest BCUT2D eigenvalue weighted by Gasteiger charge is 2.03. The van der Waals surface area contributed by atoms with E-state index >= 15 is 0 Å². The lowest BCUT2D eigenvalue weighted by molar-refractivity contribution is 0.544. The van der Waals surface area contributed by atoms with Crippen molar-refractivity contribution < 1.29 is 0 Å². The molecule has 0 N–H and O–H groups in total. The number of hydrogen-bond acceptors (Lipinski definition) is 2. The first-order valence-corrected chi connectivity index (χ1v) is 16.2. The molecule has 0 aliphatic rings. The van der Waals surface area contributed by atoms with Gasteiger partial charge in [-0.3, -0.25) is 0 Å². The van der Waals surface area contributed by atoms with Gasteiger partial charge >= 0.3 is 0 Å². The van der Waals surface area contributed by atoms with E-state index in [0.29, 0.717) is 0 Å². The first kappa shape index (κ1) is 31.5. The summed E-state index contributed by atoms with van der Waals surface area (Å²) in [6.07, 6.45) is 35.6. The predicted molar refractivity (Wildman–Crippen MR) is 163 cm³/mol. The monoisotopic (exact) mass is 506 g/mol. The Bertz CT molecular complexity index is 750. The average Bonchev–Trinajstić information content (AvgIpc) is 2.93. The summed E-state index contributed by atoms with van der Waals surface area (Å²) in [7, 11) is 0. The SMILES string of the molecule is CCCCCCCCCCCCCCc1ccc(-c2ncc(CCCCCCCCCCC)cn2)cc1. The molecule has 0 saturated carbocycles. The second-order valence-corrected chi connectivity index (χ2v) is 11.3. The van der Waals surface area contributed by atoms with Gasteiger partial charge in [0.25, 0.3) is 0 Å². The maximum absolute atomic E-state index is 4.66. The number of benzene rings is 1. The lowest BCUT2D eigenvalue weighted by Gasteiger charge is -2.06. The van der Waals surface area contributed by atoms with E-state index in [1.165, 1.54) is 152 Å². The Labute approximate surface area is 230 Å². The molecule has 1 heterocycles. The van der Waals surface area contributed by atoms with Crippen molar-refractivity contribution in [2.45, 2.75) is 162 Å². The van der Waals surface area contributed by atoms with Gasteiger partial charge in [-0.1, -0.05) is 160 Å². The lowest BCUT2D eigenvalue weighted by atomic mass is 10.0. The van der Waals surface area contributed by atoms with Crippen molar-refractivity contribution in [2.75, 3.05) is 0 Å². The molecule has 0 bridgehead atoms.